The van der Waals surface area contributed by atoms with Gasteiger partial charge in [0.05, 0.1) is 14.1 Å². The summed E-state index contributed by atoms with van der Waals surface area (Å²) < 4.78 is 0.598. The van der Waals surface area contributed by atoms with E-state index < -0.39 is 0 Å². The number of rotatable bonds is 18. The molecule has 154 valence electrons. The third kappa shape index (κ3) is 18.0. The zero-order chi connectivity index (χ0) is 19.5. The molecule has 0 aliphatic rings. The van der Waals surface area contributed by atoms with Gasteiger partial charge in [0.2, 0.25) is 0 Å². The van der Waals surface area contributed by atoms with Crippen LogP contribution in [0.4, 0.5) is 0 Å². The summed E-state index contributed by atoms with van der Waals surface area (Å²) in [5.74, 6) is 0.195. The van der Waals surface area contributed by atoms with Crippen LogP contribution in [0.2, 0.25) is 0 Å². The lowest BCUT2D eigenvalue weighted by atomic mass is 10.1. The van der Waals surface area contributed by atoms with Crippen molar-refractivity contribution in [1.29, 1.82) is 0 Å². The van der Waals surface area contributed by atoms with Gasteiger partial charge >= 0.3 is 0 Å². The Morgan fingerprint density at radius 3 is 1.77 bits per heavy atom. The van der Waals surface area contributed by atoms with E-state index in [9.17, 15) is 4.79 Å². The van der Waals surface area contributed by atoms with E-state index in [1.165, 1.54) is 77.0 Å². The van der Waals surface area contributed by atoms with Crippen LogP contribution in [0, 0.1) is 0 Å². The average molecular weight is 368 g/mol. The van der Waals surface area contributed by atoms with Crippen LogP contribution in [0.25, 0.3) is 0 Å². The quantitative estimate of drug-likeness (QED) is 0.127. The maximum atomic E-state index is 11.9. The zero-order valence-corrected chi connectivity index (χ0v) is 18.3. The first-order valence-corrected chi connectivity index (χ1v) is 11.3. The van der Waals surface area contributed by atoms with Gasteiger partial charge in [0, 0.05) is 6.42 Å². The normalized spacial score (nSPS) is 12.0. The first-order valence-electron chi connectivity index (χ1n) is 11.3. The highest BCUT2D eigenvalue weighted by molar-refractivity contribution is 5.74. The Morgan fingerprint density at radius 1 is 0.731 bits per heavy atom. The van der Waals surface area contributed by atoms with E-state index in [4.69, 9.17) is 0 Å². The van der Waals surface area contributed by atoms with E-state index in [-0.39, 0.29) is 5.91 Å². The Hall–Kier alpha value is -0.830. The maximum absolute atomic E-state index is 11.9. The third-order valence-corrected chi connectivity index (χ3v) is 4.88. The minimum absolute atomic E-state index is 0.195. The van der Waals surface area contributed by atoms with Crippen LogP contribution in [0.3, 0.4) is 0 Å². The number of amides is 1. The smallest absolute Gasteiger partial charge is 0.264 e. The van der Waals surface area contributed by atoms with Crippen molar-refractivity contribution in [2.24, 2.45) is 0 Å². The molecule has 0 saturated heterocycles. The standard InChI is InChI=1S/C23H46N2O/c1-5-7-8-9-10-11-12-13-14-15-16-17-18-19-20-21-23(26)24-25(3,4)22-6-2/h13-14H,5-12,15-22H2,1-4H3/p+1. The molecule has 3 nitrogen and oxygen atoms in total. The summed E-state index contributed by atoms with van der Waals surface area (Å²) in [5, 5.41) is 0. The lowest BCUT2D eigenvalue weighted by molar-refractivity contribution is -0.925. The lowest BCUT2D eigenvalue weighted by Crippen LogP contribution is -2.54. The van der Waals surface area contributed by atoms with Gasteiger partial charge in [-0.05, 0) is 38.5 Å². The Labute approximate surface area is 164 Å². The molecule has 26 heavy (non-hydrogen) atoms. The number of nitrogens with zero attached hydrogens (tertiary/aromatic N) is 1. The van der Waals surface area contributed by atoms with E-state index in [1.807, 2.05) is 0 Å². The molecule has 0 atom stereocenters. The predicted octanol–water partition coefficient (Wildman–Crippen LogP) is 6.54. The molecule has 0 aromatic heterocycles. The number of hydrogen-bond acceptors (Lipinski definition) is 1. The van der Waals surface area contributed by atoms with Gasteiger partial charge in [0.1, 0.15) is 6.54 Å². The molecule has 0 aromatic carbocycles. The minimum Gasteiger partial charge on any atom is -0.270 e. The average Bonchev–Trinajstić information content (AvgIpc) is 2.57. The molecular weight excluding hydrogens is 320 g/mol. The molecule has 0 unspecified atom stereocenters. The van der Waals surface area contributed by atoms with Crippen molar-refractivity contribution in [3.8, 4) is 0 Å². The molecule has 0 aliphatic carbocycles. The highest BCUT2D eigenvalue weighted by atomic mass is 16.2. The lowest BCUT2D eigenvalue weighted by Gasteiger charge is -2.28. The van der Waals surface area contributed by atoms with Crippen molar-refractivity contribution in [1.82, 2.24) is 5.43 Å². The first-order chi connectivity index (χ1) is 12.5. The number of quaternary nitrogens is 1. The number of carbonyl (C=O) groups excluding carboxylic acids is 1. The SMILES string of the molecule is CCCCCCCCC=CCCCCCCCC(=O)N[N+](C)(C)CCC. The minimum atomic E-state index is 0.195. The second-order valence-corrected chi connectivity index (χ2v) is 8.28. The van der Waals surface area contributed by atoms with Crippen molar-refractivity contribution in [2.45, 2.75) is 110 Å². The Morgan fingerprint density at radius 2 is 1.23 bits per heavy atom. The second-order valence-electron chi connectivity index (χ2n) is 8.28. The van der Waals surface area contributed by atoms with Gasteiger partial charge in [-0.2, -0.15) is 0 Å². The zero-order valence-electron chi connectivity index (χ0n) is 18.3. The molecule has 1 amide bonds. The second kappa shape index (κ2) is 17.6. The molecule has 0 bridgehead atoms. The van der Waals surface area contributed by atoms with Crippen LogP contribution in [0.5, 0.6) is 0 Å². The molecule has 0 aliphatic heterocycles. The molecule has 0 saturated carbocycles. The Bertz CT molecular complexity index is 350. The van der Waals surface area contributed by atoms with E-state index in [0.717, 1.165) is 19.4 Å². The summed E-state index contributed by atoms with van der Waals surface area (Å²) in [5.41, 5.74) is 3.10. The van der Waals surface area contributed by atoms with Gasteiger partial charge in [0.15, 0.2) is 0 Å². The molecule has 3 heteroatoms. The van der Waals surface area contributed by atoms with Crippen LogP contribution in [0.1, 0.15) is 110 Å². The van der Waals surface area contributed by atoms with Gasteiger partial charge < -0.3 is 0 Å². The monoisotopic (exact) mass is 367 g/mol. The largest absolute Gasteiger partial charge is 0.270 e. The molecular formula is C23H47N2O+. The molecule has 0 spiro atoms. The van der Waals surface area contributed by atoms with Gasteiger partial charge in [-0.1, -0.05) is 77.4 Å². The Kier molecular flexibility index (Phi) is 17.0. The number of nitrogens with one attached hydrogen (secondary N) is 1. The summed E-state index contributed by atoms with van der Waals surface area (Å²) in [6.07, 6.45) is 23.3. The van der Waals surface area contributed by atoms with Gasteiger partial charge in [0.25, 0.3) is 5.91 Å². The van der Waals surface area contributed by atoms with E-state index >= 15 is 0 Å². The summed E-state index contributed by atoms with van der Waals surface area (Å²) in [6, 6.07) is 0. The number of carbonyl (C=O) groups is 1. The summed E-state index contributed by atoms with van der Waals surface area (Å²) in [6.45, 7) is 5.40. The summed E-state index contributed by atoms with van der Waals surface area (Å²) in [7, 11) is 4.11. The van der Waals surface area contributed by atoms with Crippen LogP contribution >= 0.6 is 0 Å². The predicted molar refractivity (Wildman–Crippen MR) is 115 cm³/mol. The number of allylic oxidation sites excluding steroid dienone is 2. The van der Waals surface area contributed by atoms with Crippen LogP contribution < -0.4 is 5.43 Å². The van der Waals surface area contributed by atoms with E-state index in [2.05, 4.69) is 45.5 Å². The highest BCUT2D eigenvalue weighted by Crippen LogP contribution is 2.10. The molecule has 0 aromatic rings. The van der Waals surface area contributed by atoms with Gasteiger partial charge in [-0.15, -0.1) is 0 Å². The topological polar surface area (TPSA) is 29.1 Å². The van der Waals surface area contributed by atoms with Crippen LogP contribution in [0.15, 0.2) is 12.2 Å². The highest BCUT2D eigenvalue weighted by Gasteiger charge is 2.16. The van der Waals surface area contributed by atoms with E-state index in [0.29, 0.717) is 11.0 Å². The Balaban J connectivity index is 3.35. The maximum Gasteiger partial charge on any atom is 0.264 e. The van der Waals surface area contributed by atoms with Crippen molar-refractivity contribution in [3.63, 3.8) is 0 Å². The van der Waals surface area contributed by atoms with Gasteiger partial charge in [-0.3, -0.25) is 4.79 Å². The summed E-state index contributed by atoms with van der Waals surface area (Å²) in [4.78, 5) is 11.9. The molecule has 1 N–H and O–H groups in total. The van der Waals surface area contributed by atoms with Gasteiger partial charge in [-0.25, -0.2) is 10.0 Å². The first kappa shape index (κ1) is 25.2. The number of unbranched alkanes of at least 4 members (excludes halogenated alkanes) is 11. The van der Waals surface area contributed by atoms with Crippen LogP contribution in [-0.4, -0.2) is 31.1 Å². The fraction of sp³-hybridized carbons (Fsp3) is 0.870. The fourth-order valence-electron chi connectivity index (χ4n) is 3.36. The molecule has 0 radical (unpaired) electrons. The summed E-state index contributed by atoms with van der Waals surface area (Å²) >= 11 is 0. The third-order valence-electron chi connectivity index (χ3n) is 4.88. The van der Waals surface area contributed by atoms with Crippen molar-refractivity contribution < 1.29 is 9.39 Å². The molecule has 0 heterocycles. The fourth-order valence-corrected chi connectivity index (χ4v) is 3.36. The van der Waals surface area contributed by atoms with Crippen molar-refractivity contribution in [2.75, 3.05) is 20.6 Å². The molecule has 0 rings (SSSR count). The number of hydrogen-bond donors (Lipinski definition) is 1. The van der Waals surface area contributed by atoms with E-state index in [1.54, 1.807) is 0 Å². The molecule has 0 fully saturated rings. The van der Waals surface area contributed by atoms with Crippen LogP contribution in [-0.2, 0) is 4.79 Å². The van der Waals surface area contributed by atoms with Crippen molar-refractivity contribution >= 4 is 5.91 Å². The van der Waals surface area contributed by atoms with Crippen molar-refractivity contribution in [3.05, 3.63) is 12.2 Å².